The zero-order chi connectivity index (χ0) is 11.1. The van der Waals surface area contributed by atoms with Crippen LogP contribution in [0, 0.1) is 5.92 Å². The van der Waals surface area contributed by atoms with Crippen LogP contribution in [0.2, 0.25) is 0 Å². The van der Waals surface area contributed by atoms with Gasteiger partial charge in [0.05, 0.1) is 6.42 Å². The van der Waals surface area contributed by atoms with Gasteiger partial charge in [0, 0.05) is 6.04 Å². The monoisotopic (exact) mass is 201 g/mol. The third-order valence-electron chi connectivity index (χ3n) is 2.36. The summed E-state index contributed by atoms with van der Waals surface area (Å²) in [7, 11) is 0. The predicted molar refractivity (Wildman–Crippen MR) is 55.1 cm³/mol. The van der Waals surface area contributed by atoms with Gasteiger partial charge in [0.25, 0.3) is 0 Å². The van der Waals surface area contributed by atoms with Crippen molar-refractivity contribution in [3.63, 3.8) is 0 Å². The van der Waals surface area contributed by atoms with Gasteiger partial charge in [-0.2, -0.15) is 0 Å². The van der Waals surface area contributed by atoms with E-state index in [1.807, 2.05) is 6.92 Å². The fourth-order valence-corrected chi connectivity index (χ4v) is 1.00. The molecule has 0 aliphatic heterocycles. The molecule has 0 fully saturated rings. The third kappa shape index (κ3) is 4.69. The molecule has 82 valence electrons. The second-order valence-corrected chi connectivity index (χ2v) is 3.51. The van der Waals surface area contributed by atoms with E-state index in [9.17, 15) is 4.79 Å². The molecule has 5 heteroatoms. The zero-order valence-electron chi connectivity index (χ0n) is 8.95. The summed E-state index contributed by atoms with van der Waals surface area (Å²) in [6, 6.07) is 0.110. The van der Waals surface area contributed by atoms with Crippen LogP contribution in [0.15, 0.2) is 5.16 Å². The molecule has 2 atom stereocenters. The number of carbonyl (C=O) groups excluding carboxylic acids is 1. The van der Waals surface area contributed by atoms with Crippen molar-refractivity contribution >= 4 is 11.7 Å². The molecule has 0 radical (unpaired) electrons. The summed E-state index contributed by atoms with van der Waals surface area (Å²) < 4.78 is 0. The summed E-state index contributed by atoms with van der Waals surface area (Å²) in [6.07, 6.45) is 0.947. The molecule has 0 saturated carbocycles. The van der Waals surface area contributed by atoms with Crippen LogP contribution in [0.5, 0.6) is 0 Å². The second-order valence-electron chi connectivity index (χ2n) is 3.51. The summed E-state index contributed by atoms with van der Waals surface area (Å²) >= 11 is 0. The van der Waals surface area contributed by atoms with Gasteiger partial charge in [-0.3, -0.25) is 4.79 Å². The molecule has 0 heterocycles. The molecule has 0 aliphatic carbocycles. The standard InChI is InChI=1S/C9H19N3O2/c1-4-6(2)7(3)11-9(13)5-8(10)12-14/h6-7,14H,4-5H2,1-3H3,(H2,10,12)(H,11,13). The molecule has 4 N–H and O–H groups in total. The zero-order valence-corrected chi connectivity index (χ0v) is 8.95. The Labute approximate surface area is 84.4 Å². The summed E-state index contributed by atoms with van der Waals surface area (Å²) in [5.41, 5.74) is 5.20. The van der Waals surface area contributed by atoms with Crippen molar-refractivity contribution in [2.45, 2.75) is 39.7 Å². The summed E-state index contributed by atoms with van der Waals surface area (Å²) in [6.45, 7) is 6.07. The number of nitrogens with zero attached hydrogens (tertiary/aromatic N) is 1. The van der Waals surface area contributed by atoms with Crippen LogP contribution in [-0.4, -0.2) is 23.0 Å². The number of nitrogens with two attached hydrogens (primary N) is 1. The van der Waals surface area contributed by atoms with Crippen LogP contribution >= 0.6 is 0 Å². The number of hydrogen-bond donors (Lipinski definition) is 3. The van der Waals surface area contributed by atoms with Crippen molar-refractivity contribution in [3.8, 4) is 0 Å². The summed E-state index contributed by atoms with van der Waals surface area (Å²) in [5.74, 6) is 0.137. The van der Waals surface area contributed by atoms with E-state index in [4.69, 9.17) is 10.9 Å². The lowest BCUT2D eigenvalue weighted by molar-refractivity contribution is -0.120. The highest BCUT2D eigenvalue weighted by molar-refractivity contribution is 5.98. The number of carbonyl (C=O) groups is 1. The third-order valence-corrected chi connectivity index (χ3v) is 2.36. The lowest BCUT2D eigenvalue weighted by Gasteiger charge is -2.19. The van der Waals surface area contributed by atoms with Crippen LogP contribution in [0.1, 0.15) is 33.6 Å². The Morgan fingerprint density at radius 2 is 2.14 bits per heavy atom. The lowest BCUT2D eigenvalue weighted by Crippen LogP contribution is -2.38. The highest BCUT2D eigenvalue weighted by Gasteiger charge is 2.13. The van der Waals surface area contributed by atoms with Crippen molar-refractivity contribution in [2.24, 2.45) is 16.8 Å². The molecule has 14 heavy (non-hydrogen) atoms. The second kappa shape index (κ2) is 6.23. The molecule has 2 unspecified atom stereocenters. The van der Waals surface area contributed by atoms with Crippen molar-refractivity contribution < 1.29 is 10.0 Å². The Morgan fingerprint density at radius 1 is 1.57 bits per heavy atom. The minimum atomic E-state index is -0.215. The fraction of sp³-hybridized carbons (Fsp3) is 0.778. The largest absolute Gasteiger partial charge is 0.409 e. The molecule has 0 bridgehead atoms. The SMILES string of the molecule is CCC(C)C(C)NC(=O)CC(N)=NO. The molecule has 0 spiro atoms. The van der Waals surface area contributed by atoms with Crippen LogP contribution in [-0.2, 0) is 4.79 Å². The molecular weight excluding hydrogens is 182 g/mol. The molecule has 0 saturated heterocycles. The van der Waals surface area contributed by atoms with Crippen LogP contribution in [0.4, 0.5) is 0 Å². The van der Waals surface area contributed by atoms with Gasteiger partial charge in [-0.15, -0.1) is 0 Å². The number of amidine groups is 1. The average Bonchev–Trinajstić information content (AvgIpc) is 2.15. The molecule has 0 aliphatic rings. The minimum Gasteiger partial charge on any atom is -0.409 e. The summed E-state index contributed by atoms with van der Waals surface area (Å²) in [4.78, 5) is 11.3. The maximum atomic E-state index is 11.3. The fourth-order valence-electron chi connectivity index (χ4n) is 1.00. The van der Waals surface area contributed by atoms with Crippen molar-refractivity contribution in [3.05, 3.63) is 0 Å². The van der Waals surface area contributed by atoms with Crippen molar-refractivity contribution in [1.82, 2.24) is 5.32 Å². The van der Waals surface area contributed by atoms with Gasteiger partial charge in [-0.05, 0) is 12.8 Å². The van der Waals surface area contributed by atoms with Crippen LogP contribution in [0.25, 0.3) is 0 Å². The average molecular weight is 201 g/mol. The van der Waals surface area contributed by atoms with Crippen molar-refractivity contribution in [1.29, 1.82) is 0 Å². The normalized spacial score (nSPS) is 16.1. The molecule has 1 amide bonds. The van der Waals surface area contributed by atoms with E-state index in [2.05, 4.69) is 24.3 Å². The highest BCUT2D eigenvalue weighted by Crippen LogP contribution is 2.06. The highest BCUT2D eigenvalue weighted by atomic mass is 16.4. The van der Waals surface area contributed by atoms with E-state index < -0.39 is 0 Å². The van der Waals surface area contributed by atoms with Crippen LogP contribution < -0.4 is 11.1 Å². The number of hydrogen-bond acceptors (Lipinski definition) is 3. The van der Waals surface area contributed by atoms with E-state index in [-0.39, 0.29) is 24.2 Å². The Morgan fingerprint density at radius 3 is 2.57 bits per heavy atom. The Hall–Kier alpha value is -1.26. The van der Waals surface area contributed by atoms with E-state index in [1.54, 1.807) is 0 Å². The van der Waals surface area contributed by atoms with Gasteiger partial charge >= 0.3 is 0 Å². The van der Waals surface area contributed by atoms with Crippen LogP contribution in [0.3, 0.4) is 0 Å². The predicted octanol–water partition coefficient (Wildman–Crippen LogP) is 0.674. The van der Waals surface area contributed by atoms with E-state index >= 15 is 0 Å². The number of rotatable bonds is 5. The Kier molecular flexibility index (Phi) is 5.67. The van der Waals surface area contributed by atoms with Gasteiger partial charge in [-0.25, -0.2) is 0 Å². The maximum Gasteiger partial charge on any atom is 0.227 e. The van der Waals surface area contributed by atoms with Crippen molar-refractivity contribution in [2.75, 3.05) is 0 Å². The first-order chi connectivity index (χ1) is 6.51. The lowest BCUT2D eigenvalue weighted by atomic mass is 10.0. The quantitative estimate of drug-likeness (QED) is 0.264. The van der Waals surface area contributed by atoms with Gasteiger partial charge < -0.3 is 16.3 Å². The molecule has 0 aromatic carbocycles. The number of nitrogens with one attached hydrogen (secondary N) is 1. The molecular formula is C9H19N3O2. The van der Waals surface area contributed by atoms with Gasteiger partial charge in [0.15, 0.2) is 0 Å². The Balaban J connectivity index is 3.94. The first-order valence-corrected chi connectivity index (χ1v) is 4.77. The maximum absolute atomic E-state index is 11.3. The number of amides is 1. The molecule has 5 nitrogen and oxygen atoms in total. The molecule has 0 aromatic heterocycles. The molecule has 0 rings (SSSR count). The first-order valence-electron chi connectivity index (χ1n) is 4.77. The number of oxime groups is 1. The first kappa shape index (κ1) is 12.7. The van der Waals surface area contributed by atoms with E-state index in [0.717, 1.165) is 6.42 Å². The molecule has 0 aromatic rings. The smallest absolute Gasteiger partial charge is 0.227 e. The van der Waals surface area contributed by atoms with E-state index in [0.29, 0.717) is 5.92 Å². The Bertz CT molecular complexity index is 216. The minimum absolute atomic E-state index is 0.0583. The topological polar surface area (TPSA) is 87.7 Å². The van der Waals surface area contributed by atoms with E-state index in [1.165, 1.54) is 0 Å². The van der Waals surface area contributed by atoms with Gasteiger partial charge in [-0.1, -0.05) is 25.4 Å². The summed E-state index contributed by atoms with van der Waals surface area (Å²) in [5, 5.41) is 13.8. The van der Waals surface area contributed by atoms with Gasteiger partial charge in [0.1, 0.15) is 5.84 Å². The van der Waals surface area contributed by atoms with Gasteiger partial charge in [0.2, 0.25) is 5.91 Å².